The molecule has 126 valence electrons. The van der Waals surface area contributed by atoms with Gasteiger partial charge in [-0.3, -0.25) is 29.4 Å². The summed E-state index contributed by atoms with van der Waals surface area (Å²) in [6, 6.07) is 3.75. The zero-order valence-corrected chi connectivity index (χ0v) is 13.9. The zero-order valence-electron chi connectivity index (χ0n) is 12.4. The molecule has 0 N–H and O–H groups in total. The predicted octanol–water partition coefficient (Wildman–Crippen LogP) is 2.85. The summed E-state index contributed by atoms with van der Waals surface area (Å²) in [5.41, 5.74) is 0.0314. The van der Waals surface area contributed by atoms with Gasteiger partial charge in [-0.05, 0) is 30.8 Å². The maximum atomic E-state index is 12.2. The summed E-state index contributed by atoms with van der Waals surface area (Å²) in [4.78, 5) is 46.5. The van der Waals surface area contributed by atoms with Crippen LogP contribution in [0.2, 0.25) is 5.02 Å². The molecule has 0 atom stereocenters. The van der Waals surface area contributed by atoms with Crippen LogP contribution >= 0.6 is 23.4 Å². The number of ether oxygens (including phenoxy) is 1. The first-order valence-electron chi connectivity index (χ1n) is 6.68. The number of rotatable bonds is 5. The lowest BCUT2D eigenvalue weighted by Crippen LogP contribution is -2.34. The van der Waals surface area contributed by atoms with E-state index in [1.807, 2.05) is 0 Å². The Morgan fingerprint density at radius 2 is 2.17 bits per heavy atom. The average Bonchev–Trinajstić information content (AvgIpc) is 2.77. The Morgan fingerprint density at radius 1 is 1.46 bits per heavy atom. The van der Waals surface area contributed by atoms with Crippen molar-refractivity contribution in [2.24, 2.45) is 0 Å². The number of carbonyl (C=O) groups excluding carboxylic acids is 3. The van der Waals surface area contributed by atoms with Crippen molar-refractivity contribution in [1.29, 1.82) is 0 Å². The molecule has 0 aromatic heterocycles. The SMILES string of the molecule is CCOC(=O)CN1C(=O)S/C(=C\c2cc([N+](=O)[O-])ccc2Cl)C1=O. The first kappa shape index (κ1) is 18.0. The quantitative estimate of drug-likeness (QED) is 0.339. The minimum atomic E-state index is -0.700. The van der Waals surface area contributed by atoms with Crippen molar-refractivity contribution in [1.82, 2.24) is 4.90 Å². The zero-order chi connectivity index (χ0) is 17.9. The molecule has 1 fully saturated rings. The van der Waals surface area contributed by atoms with Crippen LogP contribution in [0.5, 0.6) is 0 Å². The molecule has 1 aromatic rings. The van der Waals surface area contributed by atoms with Gasteiger partial charge in [0.05, 0.1) is 16.4 Å². The van der Waals surface area contributed by atoms with Crippen LogP contribution in [0.1, 0.15) is 12.5 Å². The van der Waals surface area contributed by atoms with E-state index >= 15 is 0 Å². The highest BCUT2D eigenvalue weighted by Gasteiger charge is 2.36. The molecule has 0 aliphatic carbocycles. The number of nitro groups is 1. The normalized spacial score (nSPS) is 15.9. The summed E-state index contributed by atoms with van der Waals surface area (Å²) >= 11 is 6.59. The Bertz CT molecular complexity index is 764. The Hall–Kier alpha value is -2.39. The van der Waals surface area contributed by atoms with Crippen LogP contribution in [-0.2, 0) is 14.3 Å². The lowest BCUT2D eigenvalue weighted by Gasteiger charge is -2.10. The standard InChI is InChI=1S/C14H11ClN2O6S/c1-2-23-12(18)7-16-13(19)11(24-14(16)20)6-8-5-9(17(21)22)3-4-10(8)15/h3-6H,2,7H2,1H3/b11-6-. The number of benzene rings is 1. The van der Waals surface area contributed by atoms with Gasteiger partial charge in [-0.25, -0.2) is 0 Å². The molecule has 0 saturated carbocycles. The topological polar surface area (TPSA) is 107 Å². The second kappa shape index (κ2) is 7.45. The van der Waals surface area contributed by atoms with Gasteiger partial charge in [0.1, 0.15) is 6.54 Å². The van der Waals surface area contributed by atoms with Crippen LogP contribution in [0, 0.1) is 10.1 Å². The highest BCUT2D eigenvalue weighted by Crippen LogP contribution is 2.34. The lowest BCUT2D eigenvalue weighted by atomic mass is 10.2. The van der Waals surface area contributed by atoms with Crippen LogP contribution in [0.25, 0.3) is 6.08 Å². The number of hydrogen-bond acceptors (Lipinski definition) is 7. The van der Waals surface area contributed by atoms with Crippen LogP contribution in [-0.4, -0.2) is 40.1 Å². The second-order valence-corrected chi connectivity index (χ2v) is 5.94. The van der Waals surface area contributed by atoms with Gasteiger partial charge < -0.3 is 4.74 Å². The molecule has 1 aromatic carbocycles. The van der Waals surface area contributed by atoms with Crippen molar-refractivity contribution in [2.75, 3.05) is 13.2 Å². The summed E-state index contributed by atoms with van der Waals surface area (Å²) in [6.45, 7) is 1.25. The number of halogens is 1. The Balaban J connectivity index is 2.27. The van der Waals surface area contributed by atoms with Gasteiger partial charge in [-0.15, -0.1) is 0 Å². The molecule has 1 aliphatic heterocycles. The molecule has 8 nitrogen and oxygen atoms in total. The highest BCUT2D eigenvalue weighted by atomic mass is 35.5. The number of non-ortho nitro benzene ring substituents is 1. The smallest absolute Gasteiger partial charge is 0.326 e. The molecular formula is C14H11ClN2O6S. The summed E-state index contributed by atoms with van der Waals surface area (Å²) in [6.07, 6.45) is 1.28. The van der Waals surface area contributed by atoms with Gasteiger partial charge in [0.15, 0.2) is 0 Å². The molecule has 2 amide bonds. The van der Waals surface area contributed by atoms with Gasteiger partial charge in [0.2, 0.25) is 0 Å². The van der Waals surface area contributed by atoms with E-state index in [1.54, 1.807) is 6.92 Å². The monoisotopic (exact) mass is 370 g/mol. The third-order valence-electron chi connectivity index (χ3n) is 2.94. The van der Waals surface area contributed by atoms with Gasteiger partial charge in [0.25, 0.3) is 16.8 Å². The highest BCUT2D eigenvalue weighted by molar-refractivity contribution is 8.18. The fourth-order valence-corrected chi connectivity index (χ4v) is 2.87. The van der Waals surface area contributed by atoms with Crippen molar-refractivity contribution in [3.63, 3.8) is 0 Å². The first-order chi connectivity index (χ1) is 11.3. The van der Waals surface area contributed by atoms with Crippen molar-refractivity contribution in [3.8, 4) is 0 Å². The number of nitro benzene ring substituents is 1. The van der Waals surface area contributed by atoms with E-state index in [0.29, 0.717) is 11.8 Å². The molecular weight excluding hydrogens is 360 g/mol. The number of thioether (sulfide) groups is 1. The van der Waals surface area contributed by atoms with Gasteiger partial charge in [-0.2, -0.15) is 0 Å². The Kier molecular flexibility index (Phi) is 5.58. The van der Waals surface area contributed by atoms with Gasteiger partial charge in [0, 0.05) is 22.7 Å². The van der Waals surface area contributed by atoms with Gasteiger partial charge >= 0.3 is 5.97 Å². The number of nitrogens with zero attached hydrogens (tertiary/aromatic N) is 2. The fourth-order valence-electron chi connectivity index (χ4n) is 1.87. The van der Waals surface area contributed by atoms with E-state index in [0.717, 1.165) is 4.90 Å². The summed E-state index contributed by atoms with van der Waals surface area (Å²) in [5, 5.41) is 10.4. The van der Waals surface area contributed by atoms with Crippen molar-refractivity contribution in [3.05, 3.63) is 43.8 Å². The van der Waals surface area contributed by atoms with E-state index in [2.05, 4.69) is 0 Å². The van der Waals surface area contributed by atoms with Crippen molar-refractivity contribution < 1.29 is 24.0 Å². The van der Waals surface area contributed by atoms with Crippen molar-refractivity contribution in [2.45, 2.75) is 6.92 Å². The van der Waals surface area contributed by atoms with E-state index in [1.165, 1.54) is 24.3 Å². The molecule has 0 bridgehead atoms. The maximum Gasteiger partial charge on any atom is 0.326 e. The number of esters is 1. The van der Waals surface area contributed by atoms with Crippen molar-refractivity contribution >= 4 is 52.2 Å². The largest absolute Gasteiger partial charge is 0.465 e. The number of amides is 2. The number of carbonyl (C=O) groups is 3. The minimum absolute atomic E-state index is 0.0201. The lowest BCUT2D eigenvalue weighted by molar-refractivity contribution is -0.384. The molecule has 24 heavy (non-hydrogen) atoms. The third kappa shape index (κ3) is 3.92. The van der Waals surface area contributed by atoms with E-state index in [9.17, 15) is 24.5 Å². The summed E-state index contributed by atoms with van der Waals surface area (Å²) in [7, 11) is 0. The molecule has 10 heteroatoms. The number of imide groups is 1. The van der Waals surface area contributed by atoms with Crippen LogP contribution < -0.4 is 0 Å². The summed E-state index contributed by atoms with van der Waals surface area (Å²) in [5.74, 6) is -1.38. The Morgan fingerprint density at radius 3 is 2.79 bits per heavy atom. The summed E-state index contributed by atoms with van der Waals surface area (Å²) < 4.78 is 4.71. The van der Waals surface area contributed by atoms with Crippen LogP contribution in [0.3, 0.4) is 0 Å². The molecule has 0 radical (unpaired) electrons. The van der Waals surface area contributed by atoms with Crippen LogP contribution in [0.4, 0.5) is 10.5 Å². The third-order valence-corrected chi connectivity index (χ3v) is 4.19. The first-order valence-corrected chi connectivity index (χ1v) is 7.88. The van der Waals surface area contributed by atoms with E-state index < -0.39 is 28.6 Å². The second-order valence-electron chi connectivity index (χ2n) is 4.54. The minimum Gasteiger partial charge on any atom is -0.465 e. The fraction of sp³-hybridized carbons (Fsp3) is 0.214. The molecule has 1 heterocycles. The molecule has 1 aliphatic rings. The maximum absolute atomic E-state index is 12.2. The van der Waals surface area contributed by atoms with Gasteiger partial charge in [-0.1, -0.05) is 11.6 Å². The molecule has 1 saturated heterocycles. The molecule has 0 spiro atoms. The van der Waals surface area contributed by atoms with E-state index in [4.69, 9.17) is 16.3 Å². The average molecular weight is 371 g/mol. The van der Waals surface area contributed by atoms with Crippen LogP contribution in [0.15, 0.2) is 23.1 Å². The molecule has 0 unspecified atom stereocenters. The predicted molar refractivity (Wildman–Crippen MR) is 87.4 cm³/mol. The number of hydrogen-bond donors (Lipinski definition) is 0. The molecule has 2 rings (SSSR count). The Labute approximate surface area is 145 Å². The van der Waals surface area contributed by atoms with E-state index in [-0.39, 0.29) is 27.8 Å².